The van der Waals surface area contributed by atoms with Gasteiger partial charge in [-0.2, -0.15) is 0 Å². The number of hydrazine groups is 1. The summed E-state index contributed by atoms with van der Waals surface area (Å²) in [5.41, 5.74) is 2.75. The summed E-state index contributed by atoms with van der Waals surface area (Å²) >= 11 is 8.94. The average Bonchev–Trinajstić information content (AvgIpc) is 2.43. The molecule has 1 aromatic heterocycles. The highest BCUT2D eigenvalue weighted by Gasteiger charge is 2.14. The molecule has 0 saturated carbocycles. The van der Waals surface area contributed by atoms with Gasteiger partial charge in [-0.1, -0.05) is 11.6 Å². The maximum absolute atomic E-state index is 13.1. The molecule has 0 aliphatic carbocycles. The van der Waals surface area contributed by atoms with E-state index < -0.39 is 11.7 Å². The van der Waals surface area contributed by atoms with Crippen LogP contribution in [0.4, 0.5) is 15.9 Å². The van der Waals surface area contributed by atoms with Crippen LogP contribution in [0.2, 0.25) is 5.02 Å². The molecule has 0 aliphatic rings. The van der Waals surface area contributed by atoms with E-state index in [2.05, 4.69) is 31.7 Å². The first kappa shape index (κ1) is 14.7. The second-order valence-electron chi connectivity index (χ2n) is 3.75. The van der Waals surface area contributed by atoms with Crippen molar-refractivity contribution in [3.05, 3.63) is 51.3 Å². The summed E-state index contributed by atoms with van der Waals surface area (Å²) in [6.07, 6.45) is 0. The van der Waals surface area contributed by atoms with Crippen LogP contribution in [0, 0.1) is 5.82 Å². The molecule has 2 rings (SSSR count). The van der Waals surface area contributed by atoms with Gasteiger partial charge in [0.1, 0.15) is 17.3 Å². The van der Waals surface area contributed by atoms with E-state index in [1.165, 1.54) is 30.3 Å². The molecule has 0 aliphatic heterocycles. The quantitative estimate of drug-likeness (QED) is 0.581. The zero-order chi connectivity index (χ0) is 14.7. The summed E-state index contributed by atoms with van der Waals surface area (Å²) < 4.78 is 13.3. The van der Waals surface area contributed by atoms with Crippen molar-refractivity contribution in [2.45, 2.75) is 0 Å². The Bertz CT molecular complexity index is 668. The second-order valence-corrected chi connectivity index (χ2v) is 5.02. The molecule has 1 aromatic carbocycles. The summed E-state index contributed by atoms with van der Waals surface area (Å²) in [5, 5.41) is 2.75. The standard InChI is InChI=1S/C12H9BrClFN4O/c13-7-5-6(1-3-9(7)15)17-12(20)11-8(14)2-4-10(18-11)19-16/h1-5H,16H2,(H,17,20)(H,18,19). The average molecular weight is 360 g/mol. The van der Waals surface area contributed by atoms with Crippen molar-refractivity contribution >= 4 is 44.9 Å². The predicted octanol–water partition coefficient (Wildman–Crippen LogP) is 3.17. The number of aromatic nitrogens is 1. The molecule has 0 unspecified atom stereocenters. The maximum Gasteiger partial charge on any atom is 0.275 e. The third kappa shape index (κ3) is 3.24. The Morgan fingerprint density at radius 3 is 2.75 bits per heavy atom. The molecular weight excluding hydrogens is 351 g/mol. The Morgan fingerprint density at radius 1 is 1.35 bits per heavy atom. The minimum absolute atomic E-state index is 0.0163. The van der Waals surface area contributed by atoms with Crippen LogP contribution in [-0.2, 0) is 0 Å². The minimum atomic E-state index is -0.523. The van der Waals surface area contributed by atoms with Gasteiger partial charge >= 0.3 is 0 Å². The largest absolute Gasteiger partial charge is 0.321 e. The first-order chi connectivity index (χ1) is 9.51. The molecule has 20 heavy (non-hydrogen) atoms. The molecule has 0 spiro atoms. The van der Waals surface area contributed by atoms with Crippen molar-refractivity contribution in [1.82, 2.24) is 4.98 Å². The number of anilines is 2. The minimum Gasteiger partial charge on any atom is -0.321 e. The normalized spacial score (nSPS) is 10.2. The second kappa shape index (κ2) is 6.17. The zero-order valence-electron chi connectivity index (χ0n) is 9.95. The Labute approximate surface area is 127 Å². The highest BCUT2D eigenvalue weighted by Crippen LogP contribution is 2.22. The molecule has 0 bridgehead atoms. The number of nitrogens with one attached hydrogen (secondary N) is 2. The first-order valence-corrected chi connectivity index (χ1v) is 6.58. The van der Waals surface area contributed by atoms with Gasteiger partial charge in [-0.15, -0.1) is 0 Å². The van der Waals surface area contributed by atoms with Crippen LogP contribution in [0.3, 0.4) is 0 Å². The zero-order valence-corrected chi connectivity index (χ0v) is 12.3. The lowest BCUT2D eigenvalue weighted by Gasteiger charge is -2.08. The summed E-state index contributed by atoms with van der Waals surface area (Å²) in [5.74, 6) is 4.58. The van der Waals surface area contributed by atoms with E-state index in [0.717, 1.165) is 0 Å². The van der Waals surface area contributed by atoms with Crippen LogP contribution in [-0.4, -0.2) is 10.9 Å². The number of halogens is 3. The van der Waals surface area contributed by atoms with E-state index in [0.29, 0.717) is 11.5 Å². The number of rotatable bonds is 3. The van der Waals surface area contributed by atoms with Crippen molar-refractivity contribution in [2.75, 3.05) is 10.7 Å². The van der Waals surface area contributed by atoms with Gasteiger partial charge in [-0.05, 0) is 46.3 Å². The Kier molecular flexibility index (Phi) is 4.53. The molecule has 0 saturated heterocycles. The van der Waals surface area contributed by atoms with Gasteiger partial charge < -0.3 is 10.7 Å². The van der Waals surface area contributed by atoms with Crippen molar-refractivity contribution in [3.8, 4) is 0 Å². The lowest BCUT2D eigenvalue weighted by atomic mass is 10.3. The summed E-state index contributed by atoms with van der Waals surface area (Å²) in [4.78, 5) is 16.0. The third-order valence-electron chi connectivity index (χ3n) is 2.39. The molecule has 0 fully saturated rings. The molecule has 2 aromatic rings. The van der Waals surface area contributed by atoms with E-state index in [-0.39, 0.29) is 15.2 Å². The topological polar surface area (TPSA) is 80.0 Å². The molecular formula is C12H9BrClFN4O. The fraction of sp³-hybridized carbons (Fsp3) is 0. The van der Waals surface area contributed by atoms with Crippen molar-refractivity contribution in [1.29, 1.82) is 0 Å². The lowest BCUT2D eigenvalue weighted by molar-refractivity contribution is 0.102. The molecule has 0 atom stereocenters. The highest BCUT2D eigenvalue weighted by molar-refractivity contribution is 9.10. The predicted molar refractivity (Wildman–Crippen MR) is 79.1 cm³/mol. The van der Waals surface area contributed by atoms with E-state index >= 15 is 0 Å². The van der Waals surface area contributed by atoms with Crippen molar-refractivity contribution < 1.29 is 9.18 Å². The van der Waals surface area contributed by atoms with Crippen LogP contribution in [0.15, 0.2) is 34.8 Å². The lowest BCUT2D eigenvalue weighted by Crippen LogP contribution is -2.16. The number of hydrogen-bond donors (Lipinski definition) is 3. The van der Waals surface area contributed by atoms with Crippen molar-refractivity contribution in [2.24, 2.45) is 5.84 Å². The van der Waals surface area contributed by atoms with Crippen LogP contribution < -0.4 is 16.6 Å². The number of nitrogens with zero attached hydrogens (tertiary/aromatic N) is 1. The molecule has 1 amide bonds. The number of hydrogen-bond acceptors (Lipinski definition) is 4. The maximum atomic E-state index is 13.1. The van der Waals surface area contributed by atoms with Crippen molar-refractivity contribution in [3.63, 3.8) is 0 Å². The van der Waals surface area contributed by atoms with Gasteiger partial charge in [0.2, 0.25) is 0 Å². The van der Waals surface area contributed by atoms with E-state index in [1.807, 2.05) is 0 Å². The van der Waals surface area contributed by atoms with Crippen LogP contribution >= 0.6 is 27.5 Å². The first-order valence-electron chi connectivity index (χ1n) is 5.41. The number of benzene rings is 1. The highest BCUT2D eigenvalue weighted by atomic mass is 79.9. The SMILES string of the molecule is NNc1ccc(Cl)c(C(=O)Nc2ccc(F)c(Br)c2)n1. The molecule has 0 radical (unpaired) electrons. The van der Waals surface area contributed by atoms with Crippen LogP contribution in [0.5, 0.6) is 0 Å². The van der Waals surface area contributed by atoms with E-state index in [9.17, 15) is 9.18 Å². The van der Waals surface area contributed by atoms with Gasteiger partial charge in [0.15, 0.2) is 0 Å². The number of nitrogen functional groups attached to an aromatic ring is 1. The van der Waals surface area contributed by atoms with Gasteiger partial charge in [-0.3, -0.25) is 4.79 Å². The molecule has 5 nitrogen and oxygen atoms in total. The Balaban J connectivity index is 2.25. The van der Waals surface area contributed by atoms with E-state index in [4.69, 9.17) is 17.4 Å². The summed E-state index contributed by atoms with van der Waals surface area (Å²) in [7, 11) is 0. The third-order valence-corrected chi connectivity index (χ3v) is 3.30. The number of carbonyl (C=O) groups excluding carboxylic acids is 1. The fourth-order valence-electron chi connectivity index (χ4n) is 1.45. The Morgan fingerprint density at radius 2 is 2.10 bits per heavy atom. The van der Waals surface area contributed by atoms with Gasteiger partial charge in [0, 0.05) is 5.69 Å². The summed E-state index contributed by atoms with van der Waals surface area (Å²) in [6, 6.07) is 7.13. The summed E-state index contributed by atoms with van der Waals surface area (Å²) in [6.45, 7) is 0. The van der Waals surface area contributed by atoms with Gasteiger partial charge in [0.25, 0.3) is 5.91 Å². The monoisotopic (exact) mass is 358 g/mol. The number of carbonyl (C=O) groups is 1. The molecule has 8 heteroatoms. The molecule has 104 valence electrons. The molecule has 4 N–H and O–H groups in total. The number of amides is 1. The van der Waals surface area contributed by atoms with Gasteiger partial charge in [0.05, 0.1) is 9.50 Å². The fourth-order valence-corrected chi connectivity index (χ4v) is 2.02. The van der Waals surface area contributed by atoms with E-state index in [1.54, 1.807) is 0 Å². The number of pyridine rings is 1. The van der Waals surface area contributed by atoms with Crippen LogP contribution in [0.25, 0.3) is 0 Å². The van der Waals surface area contributed by atoms with Crippen LogP contribution in [0.1, 0.15) is 10.5 Å². The number of nitrogens with two attached hydrogens (primary N) is 1. The Hall–Kier alpha value is -1.70. The van der Waals surface area contributed by atoms with Gasteiger partial charge in [-0.25, -0.2) is 15.2 Å². The smallest absolute Gasteiger partial charge is 0.275 e. The molecule has 1 heterocycles.